The summed E-state index contributed by atoms with van der Waals surface area (Å²) in [5.74, 6) is 0. The summed E-state index contributed by atoms with van der Waals surface area (Å²) in [6.45, 7) is 6.01. The average molecular weight is 232 g/mol. The molecule has 0 fully saturated rings. The van der Waals surface area contributed by atoms with Crippen molar-refractivity contribution >= 4 is 10.9 Å². The van der Waals surface area contributed by atoms with Crippen LogP contribution in [0.5, 0.6) is 0 Å². The molecule has 0 radical (unpaired) electrons. The van der Waals surface area contributed by atoms with Crippen LogP contribution < -0.4 is 5.32 Å². The standard InChI is InChI=1S/C14H20N2O/c1-11(2)15-10-12-3-4-13-5-6-16(7-8-17)14(13)9-12/h3-6,9,11,15,17H,7-8,10H2,1-2H3. The predicted octanol–water partition coefficient (Wildman–Crippen LogP) is 2.13. The van der Waals surface area contributed by atoms with Crippen LogP contribution in [0.15, 0.2) is 30.5 Å². The first-order valence-electron chi connectivity index (χ1n) is 6.12. The smallest absolute Gasteiger partial charge is 0.0610 e. The number of hydrogen-bond donors (Lipinski definition) is 2. The number of aromatic nitrogens is 1. The van der Waals surface area contributed by atoms with E-state index in [2.05, 4.69) is 48.0 Å². The number of fused-ring (bicyclic) bond motifs is 1. The molecular formula is C14H20N2O. The van der Waals surface area contributed by atoms with E-state index >= 15 is 0 Å². The average Bonchev–Trinajstić information content (AvgIpc) is 2.70. The van der Waals surface area contributed by atoms with E-state index in [-0.39, 0.29) is 6.61 Å². The molecule has 17 heavy (non-hydrogen) atoms. The molecule has 3 nitrogen and oxygen atoms in total. The molecule has 0 aliphatic carbocycles. The molecule has 1 heterocycles. The van der Waals surface area contributed by atoms with Crippen molar-refractivity contribution in [1.82, 2.24) is 9.88 Å². The number of aliphatic hydroxyl groups is 1. The molecule has 0 amide bonds. The topological polar surface area (TPSA) is 37.2 Å². The van der Waals surface area contributed by atoms with Crippen molar-refractivity contribution in [2.24, 2.45) is 0 Å². The molecule has 1 aromatic carbocycles. The molecule has 2 N–H and O–H groups in total. The number of nitrogens with zero attached hydrogens (tertiary/aromatic N) is 1. The van der Waals surface area contributed by atoms with Gasteiger partial charge in [0.05, 0.1) is 6.61 Å². The van der Waals surface area contributed by atoms with E-state index in [4.69, 9.17) is 5.11 Å². The van der Waals surface area contributed by atoms with E-state index in [0.717, 1.165) is 6.54 Å². The third-order valence-electron chi connectivity index (χ3n) is 2.89. The summed E-state index contributed by atoms with van der Waals surface area (Å²) in [6, 6.07) is 9.07. The second kappa shape index (κ2) is 5.34. The Morgan fingerprint density at radius 2 is 2.12 bits per heavy atom. The van der Waals surface area contributed by atoms with Crippen LogP contribution >= 0.6 is 0 Å². The minimum atomic E-state index is 0.179. The lowest BCUT2D eigenvalue weighted by atomic mass is 10.1. The van der Waals surface area contributed by atoms with E-state index in [9.17, 15) is 0 Å². The predicted molar refractivity (Wildman–Crippen MR) is 71.0 cm³/mol. The SMILES string of the molecule is CC(C)NCc1ccc2ccn(CCO)c2c1. The Bertz CT molecular complexity index is 488. The number of benzene rings is 1. The summed E-state index contributed by atoms with van der Waals surface area (Å²) in [7, 11) is 0. The van der Waals surface area contributed by atoms with Gasteiger partial charge in [0.1, 0.15) is 0 Å². The van der Waals surface area contributed by atoms with E-state index < -0.39 is 0 Å². The molecule has 0 saturated heterocycles. The lowest BCUT2D eigenvalue weighted by Gasteiger charge is -2.09. The molecule has 0 aliphatic heterocycles. The largest absolute Gasteiger partial charge is 0.395 e. The van der Waals surface area contributed by atoms with Crippen molar-refractivity contribution in [3.05, 3.63) is 36.0 Å². The molecule has 0 bridgehead atoms. The Morgan fingerprint density at radius 1 is 1.29 bits per heavy atom. The fraction of sp³-hybridized carbons (Fsp3) is 0.429. The highest BCUT2D eigenvalue weighted by Crippen LogP contribution is 2.17. The maximum absolute atomic E-state index is 9.01. The Balaban J connectivity index is 2.24. The molecular weight excluding hydrogens is 212 g/mol. The quantitative estimate of drug-likeness (QED) is 0.828. The summed E-state index contributed by atoms with van der Waals surface area (Å²) < 4.78 is 2.09. The monoisotopic (exact) mass is 232 g/mol. The Morgan fingerprint density at radius 3 is 2.82 bits per heavy atom. The van der Waals surface area contributed by atoms with E-state index in [0.29, 0.717) is 12.6 Å². The van der Waals surface area contributed by atoms with Gasteiger partial charge in [-0.15, -0.1) is 0 Å². The number of hydrogen-bond acceptors (Lipinski definition) is 2. The summed E-state index contributed by atoms with van der Waals surface area (Å²) >= 11 is 0. The van der Waals surface area contributed by atoms with Crippen LogP contribution in [-0.2, 0) is 13.1 Å². The fourth-order valence-corrected chi connectivity index (χ4v) is 1.96. The first-order valence-corrected chi connectivity index (χ1v) is 6.12. The van der Waals surface area contributed by atoms with Gasteiger partial charge in [0, 0.05) is 30.8 Å². The highest BCUT2D eigenvalue weighted by molar-refractivity contribution is 5.80. The molecule has 0 unspecified atom stereocenters. The van der Waals surface area contributed by atoms with E-state index in [1.165, 1.54) is 16.5 Å². The van der Waals surface area contributed by atoms with Crippen LogP contribution in [0, 0.1) is 0 Å². The maximum atomic E-state index is 9.01. The third kappa shape index (κ3) is 2.87. The van der Waals surface area contributed by atoms with Gasteiger partial charge < -0.3 is 15.0 Å². The van der Waals surface area contributed by atoms with Crippen molar-refractivity contribution in [2.75, 3.05) is 6.61 Å². The summed E-state index contributed by atoms with van der Waals surface area (Å²) in [5, 5.41) is 13.6. The fourth-order valence-electron chi connectivity index (χ4n) is 1.96. The van der Waals surface area contributed by atoms with Gasteiger partial charge in [-0.25, -0.2) is 0 Å². The van der Waals surface area contributed by atoms with Gasteiger partial charge in [-0.3, -0.25) is 0 Å². The van der Waals surface area contributed by atoms with Crippen molar-refractivity contribution in [2.45, 2.75) is 33.0 Å². The lowest BCUT2D eigenvalue weighted by molar-refractivity contribution is 0.278. The molecule has 2 rings (SSSR count). The molecule has 0 atom stereocenters. The van der Waals surface area contributed by atoms with Crippen molar-refractivity contribution in [1.29, 1.82) is 0 Å². The third-order valence-corrected chi connectivity index (χ3v) is 2.89. The summed E-state index contributed by atoms with van der Waals surface area (Å²) in [5.41, 5.74) is 2.48. The molecule has 2 aromatic rings. The van der Waals surface area contributed by atoms with Gasteiger partial charge in [0.2, 0.25) is 0 Å². The van der Waals surface area contributed by atoms with Crippen molar-refractivity contribution < 1.29 is 5.11 Å². The van der Waals surface area contributed by atoms with Gasteiger partial charge in [0.25, 0.3) is 0 Å². The van der Waals surface area contributed by atoms with E-state index in [1.54, 1.807) is 0 Å². The Hall–Kier alpha value is -1.32. The van der Waals surface area contributed by atoms with Crippen LogP contribution in [0.1, 0.15) is 19.4 Å². The first kappa shape index (κ1) is 12.1. The number of aliphatic hydroxyl groups excluding tert-OH is 1. The lowest BCUT2D eigenvalue weighted by Crippen LogP contribution is -2.21. The Kier molecular flexibility index (Phi) is 3.82. The van der Waals surface area contributed by atoms with E-state index in [1.807, 2.05) is 6.20 Å². The minimum absolute atomic E-state index is 0.179. The van der Waals surface area contributed by atoms with Gasteiger partial charge in [0.15, 0.2) is 0 Å². The van der Waals surface area contributed by atoms with Crippen LogP contribution in [0.2, 0.25) is 0 Å². The van der Waals surface area contributed by atoms with Crippen LogP contribution in [-0.4, -0.2) is 22.3 Å². The number of rotatable bonds is 5. The molecule has 3 heteroatoms. The second-order valence-electron chi connectivity index (χ2n) is 4.66. The summed E-state index contributed by atoms with van der Waals surface area (Å²) in [6.07, 6.45) is 2.03. The van der Waals surface area contributed by atoms with Gasteiger partial charge in [-0.2, -0.15) is 0 Å². The minimum Gasteiger partial charge on any atom is -0.395 e. The van der Waals surface area contributed by atoms with Crippen molar-refractivity contribution in [3.8, 4) is 0 Å². The number of nitrogens with one attached hydrogen (secondary N) is 1. The van der Waals surface area contributed by atoms with Gasteiger partial charge >= 0.3 is 0 Å². The Labute approximate surface area is 102 Å². The molecule has 1 aromatic heterocycles. The molecule has 92 valence electrons. The zero-order valence-corrected chi connectivity index (χ0v) is 10.5. The molecule has 0 aliphatic rings. The molecule has 0 saturated carbocycles. The van der Waals surface area contributed by atoms with Gasteiger partial charge in [-0.1, -0.05) is 26.0 Å². The zero-order chi connectivity index (χ0) is 12.3. The molecule has 0 spiro atoms. The first-order chi connectivity index (χ1) is 8.20. The zero-order valence-electron chi connectivity index (χ0n) is 10.5. The van der Waals surface area contributed by atoms with Gasteiger partial charge in [-0.05, 0) is 23.1 Å². The van der Waals surface area contributed by atoms with Crippen LogP contribution in [0.4, 0.5) is 0 Å². The van der Waals surface area contributed by atoms with Crippen molar-refractivity contribution in [3.63, 3.8) is 0 Å². The summed E-state index contributed by atoms with van der Waals surface area (Å²) in [4.78, 5) is 0. The highest BCUT2D eigenvalue weighted by atomic mass is 16.3. The second-order valence-corrected chi connectivity index (χ2v) is 4.66. The maximum Gasteiger partial charge on any atom is 0.0610 e. The highest BCUT2D eigenvalue weighted by Gasteiger charge is 2.02. The normalized spacial score (nSPS) is 11.5. The van der Waals surface area contributed by atoms with Crippen LogP contribution in [0.25, 0.3) is 10.9 Å². The van der Waals surface area contributed by atoms with Crippen LogP contribution in [0.3, 0.4) is 0 Å².